The van der Waals surface area contributed by atoms with Crippen LogP contribution in [0.5, 0.6) is 0 Å². The zero-order valence-corrected chi connectivity index (χ0v) is 10.7. The molecule has 2 aliphatic rings. The topological polar surface area (TPSA) is 68.2 Å². The molecule has 2 atom stereocenters. The molecule has 2 rings (SSSR count). The van der Waals surface area contributed by atoms with Crippen molar-refractivity contribution in [1.82, 2.24) is 4.90 Å². The van der Waals surface area contributed by atoms with Crippen molar-refractivity contribution < 1.29 is 19.1 Å². The summed E-state index contributed by atoms with van der Waals surface area (Å²) in [7, 11) is 2.65. The number of methoxy groups -OCH3 is 2. The Bertz CT molecular complexity index is 374. The highest BCUT2D eigenvalue weighted by Crippen LogP contribution is 2.28. The first-order valence-electron chi connectivity index (χ1n) is 6.14. The molecule has 2 aliphatic heterocycles. The number of aliphatic imine (C=N–C) groups is 1. The predicted octanol–water partition coefficient (Wildman–Crippen LogP) is 0.0727. The Morgan fingerprint density at radius 3 is 2.33 bits per heavy atom. The molecule has 6 heteroatoms. The minimum Gasteiger partial charge on any atom is -0.469 e. The van der Waals surface area contributed by atoms with Gasteiger partial charge >= 0.3 is 11.9 Å². The lowest BCUT2D eigenvalue weighted by atomic mass is 9.93. The number of nitrogens with zero attached hydrogens (tertiary/aromatic N) is 2. The Morgan fingerprint density at radius 2 is 1.78 bits per heavy atom. The van der Waals surface area contributed by atoms with E-state index in [0.29, 0.717) is 12.4 Å². The summed E-state index contributed by atoms with van der Waals surface area (Å²) in [5.74, 6) is -1.27. The third-order valence-corrected chi connectivity index (χ3v) is 3.52. The number of likely N-dealkylation sites (tertiary alicyclic amines) is 1. The summed E-state index contributed by atoms with van der Waals surface area (Å²) < 4.78 is 9.53. The van der Waals surface area contributed by atoms with E-state index >= 15 is 0 Å². The van der Waals surface area contributed by atoms with Crippen molar-refractivity contribution >= 4 is 17.8 Å². The molecule has 1 unspecified atom stereocenters. The van der Waals surface area contributed by atoms with Crippen molar-refractivity contribution in [3.8, 4) is 0 Å². The number of rotatable bonds is 2. The second kappa shape index (κ2) is 5.37. The molecule has 1 fully saturated rings. The van der Waals surface area contributed by atoms with Crippen LogP contribution < -0.4 is 0 Å². The Kier molecular flexibility index (Phi) is 3.84. The maximum atomic E-state index is 11.9. The van der Waals surface area contributed by atoms with E-state index in [1.807, 2.05) is 0 Å². The highest BCUT2D eigenvalue weighted by Gasteiger charge is 2.45. The fraction of sp³-hybridized carbons (Fsp3) is 0.750. The van der Waals surface area contributed by atoms with Crippen LogP contribution in [0.4, 0.5) is 0 Å². The second-order valence-corrected chi connectivity index (χ2v) is 4.52. The van der Waals surface area contributed by atoms with Crippen molar-refractivity contribution in [2.24, 2.45) is 16.8 Å². The summed E-state index contributed by atoms with van der Waals surface area (Å²) in [6.07, 6.45) is 2.19. The SMILES string of the molecule is COC(=O)C1CN=C(N2CCCC2)[C@@H]1C(=O)OC. The monoisotopic (exact) mass is 254 g/mol. The van der Waals surface area contributed by atoms with E-state index in [1.165, 1.54) is 14.2 Å². The van der Waals surface area contributed by atoms with Gasteiger partial charge in [0.15, 0.2) is 0 Å². The van der Waals surface area contributed by atoms with E-state index in [0.717, 1.165) is 25.9 Å². The Labute approximate surface area is 106 Å². The molecule has 0 radical (unpaired) electrons. The molecular weight excluding hydrogens is 236 g/mol. The van der Waals surface area contributed by atoms with Crippen LogP contribution in [-0.2, 0) is 19.1 Å². The van der Waals surface area contributed by atoms with E-state index in [1.54, 1.807) is 0 Å². The zero-order valence-electron chi connectivity index (χ0n) is 10.7. The molecule has 0 saturated carbocycles. The molecule has 0 bridgehead atoms. The first-order chi connectivity index (χ1) is 8.69. The molecule has 0 aromatic carbocycles. The smallest absolute Gasteiger partial charge is 0.317 e. The molecule has 0 aromatic rings. The van der Waals surface area contributed by atoms with Gasteiger partial charge in [-0.25, -0.2) is 0 Å². The van der Waals surface area contributed by atoms with Crippen LogP contribution in [0, 0.1) is 11.8 Å². The maximum absolute atomic E-state index is 11.9. The van der Waals surface area contributed by atoms with Gasteiger partial charge in [0, 0.05) is 13.1 Å². The van der Waals surface area contributed by atoms with Gasteiger partial charge in [-0.05, 0) is 12.8 Å². The fourth-order valence-corrected chi connectivity index (χ4v) is 2.58. The summed E-state index contributed by atoms with van der Waals surface area (Å²) in [5.41, 5.74) is 0. The molecule has 0 amide bonds. The summed E-state index contributed by atoms with van der Waals surface area (Å²) in [6, 6.07) is 0. The van der Waals surface area contributed by atoms with Crippen molar-refractivity contribution in [2.45, 2.75) is 12.8 Å². The number of ether oxygens (including phenoxy) is 2. The summed E-state index contributed by atoms with van der Waals surface area (Å²) >= 11 is 0. The highest BCUT2D eigenvalue weighted by atomic mass is 16.5. The van der Waals surface area contributed by atoms with Crippen LogP contribution >= 0.6 is 0 Å². The first-order valence-corrected chi connectivity index (χ1v) is 6.14. The van der Waals surface area contributed by atoms with Gasteiger partial charge in [0.05, 0.1) is 26.7 Å². The largest absolute Gasteiger partial charge is 0.469 e. The zero-order chi connectivity index (χ0) is 13.1. The molecule has 2 heterocycles. The minimum atomic E-state index is -0.611. The predicted molar refractivity (Wildman–Crippen MR) is 64.1 cm³/mol. The molecule has 6 nitrogen and oxygen atoms in total. The van der Waals surface area contributed by atoms with Gasteiger partial charge in [-0.2, -0.15) is 0 Å². The quantitative estimate of drug-likeness (QED) is 0.652. The van der Waals surface area contributed by atoms with Gasteiger partial charge in [-0.15, -0.1) is 0 Å². The van der Waals surface area contributed by atoms with E-state index in [4.69, 9.17) is 9.47 Å². The lowest BCUT2D eigenvalue weighted by molar-refractivity contribution is -0.154. The fourth-order valence-electron chi connectivity index (χ4n) is 2.58. The van der Waals surface area contributed by atoms with Crippen molar-refractivity contribution in [3.05, 3.63) is 0 Å². The minimum absolute atomic E-state index is 0.304. The summed E-state index contributed by atoms with van der Waals surface area (Å²) in [4.78, 5) is 30.0. The lowest BCUT2D eigenvalue weighted by Crippen LogP contribution is -2.41. The maximum Gasteiger partial charge on any atom is 0.317 e. The first kappa shape index (κ1) is 12.9. The van der Waals surface area contributed by atoms with Crippen molar-refractivity contribution in [1.29, 1.82) is 0 Å². The Balaban J connectivity index is 2.19. The molecule has 0 spiro atoms. The molecule has 0 aromatic heterocycles. The number of carbonyl (C=O) groups is 2. The van der Waals surface area contributed by atoms with Crippen LogP contribution in [0.3, 0.4) is 0 Å². The molecule has 0 aliphatic carbocycles. The van der Waals surface area contributed by atoms with Gasteiger partial charge < -0.3 is 14.4 Å². The average Bonchev–Trinajstić information content (AvgIpc) is 3.04. The standard InChI is InChI=1S/C12H18N2O4/c1-17-11(15)8-7-13-10(9(8)12(16)18-2)14-5-3-4-6-14/h8-9H,3-7H2,1-2H3/t8?,9-/m1/s1. The number of carbonyl (C=O) groups excluding carboxylic acids is 2. The number of esters is 2. The van der Waals surface area contributed by atoms with Crippen LogP contribution in [0.1, 0.15) is 12.8 Å². The van der Waals surface area contributed by atoms with Crippen LogP contribution in [0.15, 0.2) is 4.99 Å². The van der Waals surface area contributed by atoms with Gasteiger partial charge in [0.1, 0.15) is 11.8 Å². The third-order valence-electron chi connectivity index (χ3n) is 3.52. The molecule has 100 valence electrons. The van der Waals surface area contributed by atoms with Crippen LogP contribution in [-0.4, -0.2) is 56.5 Å². The van der Waals surface area contributed by atoms with E-state index in [9.17, 15) is 9.59 Å². The second-order valence-electron chi connectivity index (χ2n) is 4.52. The van der Waals surface area contributed by atoms with Crippen molar-refractivity contribution in [2.75, 3.05) is 33.9 Å². The number of hydrogen-bond acceptors (Lipinski definition) is 6. The van der Waals surface area contributed by atoms with Gasteiger partial charge in [0.25, 0.3) is 0 Å². The lowest BCUT2D eigenvalue weighted by Gasteiger charge is -2.24. The third kappa shape index (κ3) is 2.19. The van der Waals surface area contributed by atoms with Crippen LogP contribution in [0.25, 0.3) is 0 Å². The van der Waals surface area contributed by atoms with Crippen LogP contribution in [0.2, 0.25) is 0 Å². The highest BCUT2D eigenvalue weighted by molar-refractivity contribution is 6.06. The molecule has 0 N–H and O–H groups in total. The summed E-state index contributed by atoms with van der Waals surface area (Å²) in [5, 5.41) is 0. The van der Waals surface area contributed by atoms with E-state index < -0.39 is 23.8 Å². The van der Waals surface area contributed by atoms with Gasteiger partial charge in [-0.1, -0.05) is 0 Å². The Morgan fingerprint density at radius 1 is 1.17 bits per heavy atom. The molecular formula is C12H18N2O4. The van der Waals surface area contributed by atoms with Gasteiger partial charge in [-0.3, -0.25) is 14.6 Å². The molecule has 1 saturated heterocycles. The van der Waals surface area contributed by atoms with E-state index in [2.05, 4.69) is 9.89 Å². The van der Waals surface area contributed by atoms with E-state index in [-0.39, 0.29) is 0 Å². The summed E-state index contributed by atoms with van der Waals surface area (Å²) in [6.45, 7) is 2.08. The van der Waals surface area contributed by atoms with Crippen molar-refractivity contribution in [3.63, 3.8) is 0 Å². The normalized spacial score (nSPS) is 27.0. The van der Waals surface area contributed by atoms with Gasteiger partial charge in [0.2, 0.25) is 0 Å². The number of hydrogen-bond donors (Lipinski definition) is 0. The Hall–Kier alpha value is -1.59. The molecule has 18 heavy (non-hydrogen) atoms. The average molecular weight is 254 g/mol. The number of amidine groups is 1.